The average molecular weight is 267 g/mol. The van der Waals surface area contributed by atoms with Crippen LogP contribution in [0, 0.1) is 0 Å². The summed E-state index contributed by atoms with van der Waals surface area (Å²) in [5.41, 5.74) is 0.885. The SMILES string of the molecule is CCNC(CN(C)C)c1cc2cc(Cl)ccc2o1. The van der Waals surface area contributed by atoms with E-state index in [-0.39, 0.29) is 6.04 Å². The third-order valence-corrected chi connectivity index (χ3v) is 3.07. The van der Waals surface area contributed by atoms with E-state index in [9.17, 15) is 0 Å². The molecular formula is C14H19ClN2O. The van der Waals surface area contributed by atoms with Crippen molar-refractivity contribution < 1.29 is 4.42 Å². The lowest BCUT2D eigenvalue weighted by Gasteiger charge is -2.19. The van der Waals surface area contributed by atoms with Crippen LogP contribution in [0.15, 0.2) is 28.7 Å². The number of benzene rings is 1. The molecule has 0 aliphatic heterocycles. The summed E-state index contributed by atoms with van der Waals surface area (Å²) in [6, 6.07) is 7.97. The number of hydrogen-bond acceptors (Lipinski definition) is 3. The fraction of sp³-hybridized carbons (Fsp3) is 0.429. The Bertz CT molecular complexity index is 521. The molecule has 0 fully saturated rings. The second kappa shape index (κ2) is 5.74. The Kier molecular flexibility index (Phi) is 4.27. The van der Waals surface area contributed by atoms with Crippen molar-refractivity contribution in [3.05, 3.63) is 35.0 Å². The van der Waals surface area contributed by atoms with Crippen LogP contribution in [-0.4, -0.2) is 32.1 Å². The summed E-state index contributed by atoms with van der Waals surface area (Å²) in [6.45, 7) is 3.92. The second-order valence-electron chi connectivity index (χ2n) is 4.70. The van der Waals surface area contributed by atoms with Crippen LogP contribution in [0.25, 0.3) is 11.0 Å². The maximum atomic E-state index is 5.99. The summed E-state index contributed by atoms with van der Waals surface area (Å²) in [5, 5.41) is 5.23. The van der Waals surface area contributed by atoms with Crippen LogP contribution in [0.5, 0.6) is 0 Å². The molecule has 1 aromatic heterocycles. The van der Waals surface area contributed by atoms with Crippen LogP contribution in [0.2, 0.25) is 5.02 Å². The van der Waals surface area contributed by atoms with Gasteiger partial charge in [0.05, 0.1) is 6.04 Å². The van der Waals surface area contributed by atoms with Crippen molar-refractivity contribution in [2.45, 2.75) is 13.0 Å². The van der Waals surface area contributed by atoms with Crippen molar-refractivity contribution in [3.8, 4) is 0 Å². The molecule has 18 heavy (non-hydrogen) atoms. The molecule has 0 amide bonds. The van der Waals surface area contributed by atoms with Gasteiger partial charge in [0.2, 0.25) is 0 Å². The highest BCUT2D eigenvalue weighted by Crippen LogP contribution is 2.26. The number of furan rings is 1. The summed E-state index contributed by atoms with van der Waals surface area (Å²) in [4.78, 5) is 2.15. The van der Waals surface area contributed by atoms with Crippen LogP contribution in [-0.2, 0) is 0 Å². The first-order valence-electron chi connectivity index (χ1n) is 6.17. The van der Waals surface area contributed by atoms with E-state index in [0.29, 0.717) is 0 Å². The number of likely N-dealkylation sites (N-methyl/N-ethyl adjacent to an activating group) is 2. The zero-order chi connectivity index (χ0) is 13.1. The third-order valence-electron chi connectivity index (χ3n) is 2.84. The Morgan fingerprint density at radius 3 is 2.78 bits per heavy atom. The van der Waals surface area contributed by atoms with E-state index in [0.717, 1.165) is 34.8 Å². The van der Waals surface area contributed by atoms with Crippen molar-refractivity contribution in [2.75, 3.05) is 27.2 Å². The predicted molar refractivity (Wildman–Crippen MR) is 76.2 cm³/mol. The minimum absolute atomic E-state index is 0.205. The second-order valence-corrected chi connectivity index (χ2v) is 5.14. The first-order valence-corrected chi connectivity index (χ1v) is 6.55. The number of fused-ring (bicyclic) bond motifs is 1. The van der Waals surface area contributed by atoms with Gasteiger partial charge in [-0.1, -0.05) is 18.5 Å². The molecule has 1 atom stereocenters. The lowest BCUT2D eigenvalue weighted by Crippen LogP contribution is -2.30. The quantitative estimate of drug-likeness (QED) is 0.900. The van der Waals surface area contributed by atoms with Crippen LogP contribution in [0.1, 0.15) is 18.7 Å². The van der Waals surface area contributed by atoms with E-state index >= 15 is 0 Å². The summed E-state index contributed by atoms with van der Waals surface area (Å²) in [5.74, 6) is 0.961. The maximum Gasteiger partial charge on any atom is 0.134 e. The monoisotopic (exact) mass is 266 g/mol. The lowest BCUT2D eigenvalue weighted by atomic mass is 10.2. The van der Waals surface area contributed by atoms with Crippen molar-refractivity contribution in [1.29, 1.82) is 0 Å². The molecule has 1 unspecified atom stereocenters. The van der Waals surface area contributed by atoms with Gasteiger partial charge in [0.15, 0.2) is 0 Å². The Balaban J connectivity index is 2.31. The van der Waals surface area contributed by atoms with Crippen molar-refractivity contribution >= 4 is 22.6 Å². The smallest absolute Gasteiger partial charge is 0.134 e. The molecular weight excluding hydrogens is 248 g/mol. The summed E-state index contributed by atoms with van der Waals surface area (Å²) in [7, 11) is 4.12. The average Bonchev–Trinajstić information content (AvgIpc) is 2.70. The van der Waals surface area contributed by atoms with Crippen molar-refractivity contribution in [3.63, 3.8) is 0 Å². The fourth-order valence-corrected chi connectivity index (χ4v) is 2.25. The van der Waals surface area contributed by atoms with E-state index in [1.807, 2.05) is 18.2 Å². The van der Waals surface area contributed by atoms with Gasteiger partial charge in [-0.05, 0) is 44.9 Å². The van der Waals surface area contributed by atoms with E-state index in [4.69, 9.17) is 16.0 Å². The minimum Gasteiger partial charge on any atom is -0.459 e. The van der Waals surface area contributed by atoms with Crippen LogP contribution >= 0.6 is 11.6 Å². The summed E-state index contributed by atoms with van der Waals surface area (Å²) >= 11 is 5.99. The minimum atomic E-state index is 0.205. The molecule has 3 nitrogen and oxygen atoms in total. The Morgan fingerprint density at radius 1 is 1.33 bits per heavy atom. The van der Waals surface area contributed by atoms with Gasteiger partial charge in [0, 0.05) is 17.0 Å². The van der Waals surface area contributed by atoms with Gasteiger partial charge < -0.3 is 14.6 Å². The van der Waals surface area contributed by atoms with Gasteiger partial charge >= 0.3 is 0 Å². The van der Waals surface area contributed by atoms with Gasteiger partial charge in [-0.3, -0.25) is 0 Å². The fourth-order valence-electron chi connectivity index (χ4n) is 2.07. The van der Waals surface area contributed by atoms with Crippen LogP contribution < -0.4 is 5.32 Å². The van der Waals surface area contributed by atoms with Gasteiger partial charge in [-0.15, -0.1) is 0 Å². The molecule has 1 aromatic carbocycles. The van der Waals surface area contributed by atoms with E-state index in [2.05, 4.69) is 37.3 Å². The highest BCUT2D eigenvalue weighted by atomic mass is 35.5. The molecule has 0 saturated carbocycles. The number of rotatable bonds is 5. The molecule has 4 heteroatoms. The zero-order valence-electron chi connectivity index (χ0n) is 11.0. The Morgan fingerprint density at radius 2 is 2.11 bits per heavy atom. The molecule has 0 spiro atoms. The van der Waals surface area contributed by atoms with Gasteiger partial charge in [-0.25, -0.2) is 0 Å². The lowest BCUT2D eigenvalue weighted by molar-refractivity contribution is 0.316. The highest BCUT2D eigenvalue weighted by Gasteiger charge is 2.16. The van der Waals surface area contributed by atoms with Crippen LogP contribution in [0.4, 0.5) is 0 Å². The largest absolute Gasteiger partial charge is 0.459 e. The Hall–Kier alpha value is -1.03. The highest BCUT2D eigenvalue weighted by molar-refractivity contribution is 6.31. The maximum absolute atomic E-state index is 5.99. The molecule has 0 bridgehead atoms. The standard InChI is InChI=1S/C14H19ClN2O/c1-4-16-12(9-17(2)3)14-8-10-7-11(15)5-6-13(10)18-14/h5-8,12,16H,4,9H2,1-3H3. The van der Waals surface area contributed by atoms with Gasteiger partial charge in [0.1, 0.15) is 11.3 Å². The normalized spacial score (nSPS) is 13.4. The summed E-state index contributed by atoms with van der Waals surface area (Å²) in [6.07, 6.45) is 0. The molecule has 1 heterocycles. The molecule has 1 N–H and O–H groups in total. The predicted octanol–water partition coefficient (Wildman–Crippen LogP) is 3.30. The topological polar surface area (TPSA) is 28.4 Å². The van der Waals surface area contributed by atoms with Crippen molar-refractivity contribution in [2.24, 2.45) is 0 Å². The number of halogens is 1. The zero-order valence-corrected chi connectivity index (χ0v) is 11.8. The van der Waals surface area contributed by atoms with E-state index in [1.54, 1.807) is 0 Å². The van der Waals surface area contributed by atoms with Crippen molar-refractivity contribution in [1.82, 2.24) is 10.2 Å². The number of hydrogen-bond donors (Lipinski definition) is 1. The molecule has 0 saturated heterocycles. The molecule has 98 valence electrons. The molecule has 0 aliphatic rings. The van der Waals surface area contributed by atoms with Crippen LogP contribution in [0.3, 0.4) is 0 Å². The van der Waals surface area contributed by atoms with Gasteiger partial charge in [0.25, 0.3) is 0 Å². The van der Waals surface area contributed by atoms with E-state index < -0.39 is 0 Å². The molecule has 2 aromatic rings. The molecule has 2 rings (SSSR count). The first-order chi connectivity index (χ1) is 8.60. The first kappa shape index (κ1) is 13.4. The molecule has 0 radical (unpaired) electrons. The van der Waals surface area contributed by atoms with Gasteiger partial charge in [-0.2, -0.15) is 0 Å². The molecule has 0 aliphatic carbocycles. The third kappa shape index (κ3) is 3.05. The summed E-state index contributed by atoms with van der Waals surface area (Å²) < 4.78 is 5.89. The number of nitrogens with one attached hydrogen (secondary N) is 1. The number of nitrogens with zero attached hydrogens (tertiary/aromatic N) is 1. The Labute approximate surface area is 113 Å². The van der Waals surface area contributed by atoms with E-state index in [1.165, 1.54) is 0 Å².